The summed E-state index contributed by atoms with van der Waals surface area (Å²) in [6.45, 7) is 10.4. The molecular weight excluding hydrogens is 450 g/mol. The van der Waals surface area contributed by atoms with Gasteiger partial charge in [0, 0.05) is 18.7 Å². The fourth-order valence-electron chi connectivity index (χ4n) is 3.50. The van der Waals surface area contributed by atoms with Crippen molar-refractivity contribution in [3.8, 4) is 22.6 Å². The maximum atomic E-state index is 12.6. The fraction of sp³-hybridized carbons (Fsp3) is 0.481. The van der Waals surface area contributed by atoms with Crippen LogP contribution in [0.2, 0.25) is 0 Å². The van der Waals surface area contributed by atoms with Crippen LogP contribution >= 0.6 is 0 Å². The molecule has 0 saturated carbocycles. The molecule has 2 aromatic rings. The van der Waals surface area contributed by atoms with Gasteiger partial charge in [-0.25, -0.2) is 4.79 Å². The molecule has 1 N–H and O–H groups in total. The molecule has 0 spiro atoms. The van der Waals surface area contributed by atoms with Crippen molar-refractivity contribution in [3.05, 3.63) is 41.5 Å². The van der Waals surface area contributed by atoms with Crippen molar-refractivity contribution < 1.29 is 33.3 Å². The Kier molecular flexibility index (Phi) is 10.4. The third-order valence-electron chi connectivity index (χ3n) is 4.98. The minimum atomic E-state index is -0.657. The first kappa shape index (κ1) is 28.0. The van der Waals surface area contributed by atoms with Crippen LogP contribution in [0.5, 0.6) is 11.5 Å². The molecule has 1 amide bonds. The van der Waals surface area contributed by atoms with E-state index in [1.54, 1.807) is 41.9 Å². The quantitative estimate of drug-likeness (QED) is 0.403. The molecule has 35 heavy (non-hydrogen) atoms. The SMILES string of the molecule is CCOCc1cc(OC)c(-c2ccc(CCC(=O)OCC)c(NC(=O)OC(C)(C)C)c2)c(OC)c1. The number of hydrogen-bond acceptors (Lipinski definition) is 7. The lowest BCUT2D eigenvalue weighted by Gasteiger charge is -2.21. The molecule has 0 saturated heterocycles. The number of aryl methyl sites for hydroxylation is 1. The summed E-state index contributed by atoms with van der Waals surface area (Å²) in [5.74, 6) is 0.927. The third-order valence-corrected chi connectivity index (χ3v) is 4.98. The average Bonchev–Trinajstić information content (AvgIpc) is 2.80. The Labute approximate surface area is 207 Å². The first-order valence-corrected chi connectivity index (χ1v) is 11.7. The van der Waals surface area contributed by atoms with E-state index in [1.165, 1.54) is 0 Å². The van der Waals surface area contributed by atoms with Crippen LogP contribution in [0, 0.1) is 0 Å². The van der Waals surface area contributed by atoms with Gasteiger partial charge in [0.25, 0.3) is 0 Å². The number of esters is 1. The smallest absolute Gasteiger partial charge is 0.412 e. The summed E-state index contributed by atoms with van der Waals surface area (Å²) >= 11 is 0. The normalized spacial score (nSPS) is 11.1. The second-order valence-electron chi connectivity index (χ2n) is 8.82. The second kappa shape index (κ2) is 13.0. The first-order valence-electron chi connectivity index (χ1n) is 11.7. The third kappa shape index (κ3) is 8.47. The Morgan fingerprint density at radius 1 is 0.943 bits per heavy atom. The van der Waals surface area contributed by atoms with Gasteiger partial charge in [-0.3, -0.25) is 10.1 Å². The average molecular weight is 488 g/mol. The Hall–Kier alpha value is -3.26. The van der Waals surface area contributed by atoms with E-state index in [0.29, 0.717) is 43.4 Å². The van der Waals surface area contributed by atoms with Gasteiger partial charge in [-0.15, -0.1) is 0 Å². The number of benzene rings is 2. The fourth-order valence-corrected chi connectivity index (χ4v) is 3.50. The van der Waals surface area contributed by atoms with E-state index in [0.717, 1.165) is 22.3 Å². The van der Waals surface area contributed by atoms with Gasteiger partial charge < -0.3 is 23.7 Å². The molecule has 8 heteroatoms. The predicted octanol–water partition coefficient (Wildman–Crippen LogP) is 5.75. The van der Waals surface area contributed by atoms with Gasteiger partial charge in [-0.2, -0.15) is 0 Å². The van der Waals surface area contributed by atoms with Gasteiger partial charge >= 0.3 is 12.1 Å². The number of hydrogen-bond donors (Lipinski definition) is 1. The summed E-state index contributed by atoms with van der Waals surface area (Å²) in [6, 6.07) is 9.41. The van der Waals surface area contributed by atoms with Crippen LogP contribution in [0.1, 0.15) is 52.2 Å². The summed E-state index contributed by atoms with van der Waals surface area (Å²) in [5, 5.41) is 2.83. The van der Waals surface area contributed by atoms with Crippen LogP contribution in [0.25, 0.3) is 11.1 Å². The minimum absolute atomic E-state index is 0.189. The van der Waals surface area contributed by atoms with Crippen molar-refractivity contribution in [1.82, 2.24) is 0 Å². The summed E-state index contributed by atoms with van der Waals surface area (Å²) in [5.41, 5.74) is 3.08. The van der Waals surface area contributed by atoms with Crippen LogP contribution in [0.15, 0.2) is 30.3 Å². The van der Waals surface area contributed by atoms with E-state index in [2.05, 4.69) is 5.32 Å². The summed E-state index contributed by atoms with van der Waals surface area (Å²) in [7, 11) is 3.19. The molecule has 0 unspecified atom stereocenters. The monoisotopic (exact) mass is 487 g/mol. The Bertz CT molecular complexity index is 986. The number of nitrogens with one attached hydrogen (secondary N) is 1. The number of carbonyl (C=O) groups excluding carboxylic acids is 2. The van der Waals surface area contributed by atoms with E-state index in [1.807, 2.05) is 37.3 Å². The van der Waals surface area contributed by atoms with Gasteiger partial charge in [0.15, 0.2) is 0 Å². The van der Waals surface area contributed by atoms with Crippen molar-refractivity contribution in [3.63, 3.8) is 0 Å². The van der Waals surface area contributed by atoms with Crippen LogP contribution in [0.4, 0.5) is 10.5 Å². The zero-order valence-corrected chi connectivity index (χ0v) is 21.8. The Balaban J connectivity index is 2.51. The molecule has 0 aromatic heterocycles. The number of rotatable bonds is 11. The summed E-state index contributed by atoms with van der Waals surface area (Å²) < 4.78 is 27.4. The minimum Gasteiger partial charge on any atom is -0.496 e. The van der Waals surface area contributed by atoms with Gasteiger partial charge in [-0.1, -0.05) is 12.1 Å². The van der Waals surface area contributed by atoms with E-state index in [-0.39, 0.29) is 12.4 Å². The molecule has 8 nitrogen and oxygen atoms in total. The standard InChI is InChI=1S/C27H37NO7/c1-8-33-17-18-14-22(31-6)25(23(15-18)32-7)20-11-10-19(12-13-24(29)34-9-2)21(16-20)28-26(30)35-27(3,4)5/h10-11,14-16H,8-9,12-13,17H2,1-7H3,(H,28,30). The predicted molar refractivity (Wildman–Crippen MR) is 135 cm³/mol. The highest BCUT2D eigenvalue weighted by atomic mass is 16.6. The number of ether oxygens (including phenoxy) is 5. The second-order valence-corrected chi connectivity index (χ2v) is 8.82. The van der Waals surface area contributed by atoms with Crippen LogP contribution < -0.4 is 14.8 Å². The highest BCUT2D eigenvalue weighted by molar-refractivity contribution is 5.89. The Morgan fingerprint density at radius 2 is 1.60 bits per heavy atom. The molecule has 0 aliphatic heterocycles. The molecular formula is C27H37NO7. The van der Waals surface area contributed by atoms with E-state index < -0.39 is 11.7 Å². The molecule has 2 rings (SSSR count). The molecule has 192 valence electrons. The highest BCUT2D eigenvalue weighted by Gasteiger charge is 2.20. The summed E-state index contributed by atoms with van der Waals surface area (Å²) in [4.78, 5) is 24.5. The van der Waals surface area contributed by atoms with E-state index in [9.17, 15) is 9.59 Å². The molecule has 2 aromatic carbocycles. The van der Waals surface area contributed by atoms with E-state index >= 15 is 0 Å². The van der Waals surface area contributed by atoms with Gasteiger partial charge in [0.2, 0.25) is 0 Å². The van der Waals surface area contributed by atoms with Crippen molar-refractivity contribution in [1.29, 1.82) is 0 Å². The number of anilines is 1. The van der Waals surface area contributed by atoms with Gasteiger partial charge in [-0.05, 0) is 75.9 Å². The number of methoxy groups -OCH3 is 2. The van der Waals surface area contributed by atoms with Crippen molar-refractivity contribution in [2.24, 2.45) is 0 Å². The molecule has 0 heterocycles. The summed E-state index contributed by atoms with van der Waals surface area (Å²) in [6.07, 6.45) is -0.00107. The van der Waals surface area contributed by atoms with Crippen LogP contribution in [-0.2, 0) is 32.0 Å². The maximum Gasteiger partial charge on any atom is 0.412 e. The lowest BCUT2D eigenvalue weighted by Crippen LogP contribution is -2.27. The molecule has 0 radical (unpaired) electrons. The van der Waals surface area contributed by atoms with E-state index in [4.69, 9.17) is 23.7 Å². The largest absolute Gasteiger partial charge is 0.496 e. The molecule has 0 aliphatic rings. The highest BCUT2D eigenvalue weighted by Crippen LogP contribution is 2.41. The van der Waals surface area contributed by atoms with Gasteiger partial charge in [0.05, 0.1) is 33.0 Å². The first-order chi connectivity index (χ1) is 16.6. The maximum absolute atomic E-state index is 12.6. The van der Waals surface area contributed by atoms with Crippen LogP contribution in [-0.4, -0.2) is 45.1 Å². The number of amides is 1. The topological polar surface area (TPSA) is 92.3 Å². The zero-order valence-electron chi connectivity index (χ0n) is 21.8. The Morgan fingerprint density at radius 3 is 2.14 bits per heavy atom. The lowest BCUT2D eigenvalue weighted by molar-refractivity contribution is -0.143. The van der Waals surface area contributed by atoms with Crippen molar-refractivity contribution in [2.75, 3.05) is 32.8 Å². The van der Waals surface area contributed by atoms with Crippen LogP contribution in [0.3, 0.4) is 0 Å². The van der Waals surface area contributed by atoms with Gasteiger partial charge in [0.1, 0.15) is 17.1 Å². The number of carbonyl (C=O) groups is 2. The lowest BCUT2D eigenvalue weighted by atomic mass is 9.97. The molecule has 0 bridgehead atoms. The molecule has 0 fully saturated rings. The zero-order chi connectivity index (χ0) is 26.0. The van der Waals surface area contributed by atoms with Crippen molar-refractivity contribution in [2.45, 2.75) is 59.7 Å². The van der Waals surface area contributed by atoms with Crippen molar-refractivity contribution >= 4 is 17.7 Å². The molecule has 0 atom stereocenters. The molecule has 0 aliphatic carbocycles.